The van der Waals surface area contributed by atoms with Crippen LogP contribution in [0.5, 0.6) is 5.75 Å². The van der Waals surface area contributed by atoms with Crippen LogP contribution in [0.1, 0.15) is 22.6 Å². The van der Waals surface area contributed by atoms with Crippen LogP contribution in [0, 0.1) is 29.1 Å². The van der Waals surface area contributed by atoms with Gasteiger partial charge in [0.15, 0.2) is 5.75 Å². The molecule has 0 aromatic heterocycles. The van der Waals surface area contributed by atoms with E-state index < -0.39 is 42.2 Å². The zero-order valence-corrected chi connectivity index (χ0v) is 17.5. The van der Waals surface area contributed by atoms with E-state index in [0.29, 0.717) is 5.92 Å². The van der Waals surface area contributed by atoms with Gasteiger partial charge in [0.25, 0.3) is 0 Å². The minimum Gasteiger partial charge on any atom is -0.507 e. The maximum Gasteiger partial charge on any atom is 0.707 e. The van der Waals surface area contributed by atoms with E-state index >= 15 is 0 Å². The molecule has 0 saturated carbocycles. The van der Waals surface area contributed by atoms with Crippen LogP contribution in [0.3, 0.4) is 0 Å². The van der Waals surface area contributed by atoms with E-state index in [-0.39, 0.29) is 0 Å². The second kappa shape index (κ2) is 11.4. The lowest BCUT2D eigenvalue weighted by Gasteiger charge is -2.18. The van der Waals surface area contributed by atoms with Gasteiger partial charge in [-0.2, -0.15) is 8.78 Å². The van der Waals surface area contributed by atoms with E-state index in [1.807, 2.05) is 0 Å². The zero-order chi connectivity index (χ0) is 24.7. The summed E-state index contributed by atoms with van der Waals surface area (Å²) in [6.45, 7) is 0. The minimum absolute atomic E-state index is 0.309. The van der Waals surface area contributed by atoms with Crippen LogP contribution in [0.15, 0.2) is 91.0 Å². The molecule has 0 bridgehead atoms. The number of hydrogen-bond acceptors (Lipinski definition) is 3. The van der Waals surface area contributed by atoms with Gasteiger partial charge in [-0.3, -0.25) is 0 Å². The first kappa shape index (κ1) is 24.9. The molecule has 2 N–H and O–H groups in total. The van der Waals surface area contributed by atoms with Crippen molar-refractivity contribution < 1.29 is 36.7 Å². The van der Waals surface area contributed by atoms with Gasteiger partial charge in [0.2, 0.25) is 29.1 Å². The quantitative estimate of drug-likeness (QED) is 0.131. The van der Waals surface area contributed by atoms with Crippen LogP contribution in [0.4, 0.5) is 22.0 Å². The topological polar surface area (TPSA) is 49.7 Å². The molecule has 0 fully saturated rings. The molecule has 174 valence electrons. The molecule has 0 amide bonds. The third-order valence-corrected chi connectivity index (χ3v) is 4.79. The SMILES string of the molecule is OB(O)Oc1c(F)c(F)c(F)c(F)c1F.c1ccc(C(c2ccccc2)c2ccccc2)cc1. The highest BCUT2D eigenvalue weighted by Crippen LogP contribution is 2.31. The fraction of sp³-hybridized carbons (Fsp3) is 0.0400. The number of benzene rings is 4. The molecule has 0 aliphatic carbocycles. The Kier molecular flexibility index (Phi) is 8.40. The van der Waals surface area contributed by atoms with E-state index in [1.165, 1.54) is 16.7 Å². The number of hydrogen-bond donors (Lipinski definition) is 2. The molecule has 9 heteroatoms. The second-order valence-corrected chi connectivity index (χ2v) is 7.01. The fourth-order valence-corrected chi connectivity index (χ4v) is 3.31. The summed E-state index contributed by atoms with van der Waals surface area (Å²) in [5, 5.41) is 16.3. The molecule has 3 nitrogen and oxygen atoms in total. The summed E-state index contributed by atoms with van der Waals surface area (Å²) in [4.78, 5) is 0. The van der Waals surface area contributed by atoms with E-state index in [0.717, 1.165) is 0 Å². The summed E-state index contributed by atoms with van der Waals surface area (Å²) < 4.78 is 66.3. The smallest absolute Gasteiger partial charge is 0.507 e. The summed E-state index contributed by atoms with van der Waals surface area (Å²) in [6.07, 6.45) is 0. The monoisotopic (exact) mass is 472 g/mol. The van der Waals surface area contributed by atoms with Gasteiger partial charge in [0.05, 0.1) is 0 Å². The van der Waals surface area contributed by atoms with Crippen LogP contribution in [-0.4, -0.2) is 17.4 Å². The Bertz CT molecular complexity index is 1090. The van der Waals surface area contributed by atoms with Gasteiger partial charge in [-0.15, -0.1) is 0 Å². The Morgan fingerprint density at radius 1 is 0.500 bits per heavy atom. The Balaban J connectivity index is 0.000000197. The highest BCUT2D eigenvalue weighted by Gasteiger charge is 2.29. The molecule has 0 spiro atoms. The summed E-state index contributed by atoms with van der Waals surface area (Å²) >= 11 is 0. The summed E-state index contributed by atoms with van der Waals surface area (Å²) in [7, 11) is -2.70. The van der Waals surface area contributed by atoms with Gasteiger partial charge in [-0.05, 0) is 16.7 Å². The molecule has 0 saturated heterocycles. The van der Waals surface area contributed by atoms with E-state index in [9.17, 15) is 22.0 Å². The molecule has 4 aromatic rings. The third-order valence-electron chi connectivity index (χ3n) is 4.79. The Morgan fingerprint density at radius 3 is 1.09 bits per heavy atom. The molecule has 0 atom stereocenters. The van der Waals surface area contributed by atoms with Crippen LogP contribution in [0.2, 0.25) is 0 Å². The maximum atomic E-state index is 12.7. The van der Waals surface area contributed by atoms with Gasteiger partial charge in [-0.1, -0.05) is 91.0 Å². The van der Waals surface area contributed by atoms with Gasteiger partial charge in [0, 0.05) is 5.92 Å². The lowest BCUT2D eigenvalue weighted by Crippen LogP contribution is -2.23. The molecule has 0 unspecified atom stereocenters. The van der Waals surface area contributed by atoms with Crippen molar-refractivity contribution in [2.45, 2.75) is 5.92 Å². The molecular weight excluding hydrogens is 454 g/mol. The summed E-state index contributed by atoms with van der Waals surface area (Å²) in [6, 6.07) is 32.0. The van der Waals surface area contributed by atoms with Crippen molar-refractivity contribution in [3.63, 3.8) is 0 Å². The van der Waals surface area contributed by atoms with Gasteiger partial charge in [0.1, 0.15) is 0 Å². The van der Waals surface area contributed by atoms with E-state index in [4.69, 9.17) is 10.0 Å². The highest BCUT2D eigenvalue weighted by molar-refractivity contribution is 6.33. The summed E-state index contributed by atoms with van der Waals surface area (Å²) in [5.41, 5.74) is 4.00. The first-order valence-corrected chi connectivity index (χ1v) is 10.00. The standard InChI is InChI=1S/C19H16.C6H2BF5O3/c1-4-10-16(11-5-1)19(17-12-6-2-7-13-17)18-14-8-3-9-15-18;8-1-2(9)4(11)6(15-7(13)14)5(12)3(1)10/h1-15,19H;13-14H. The van der Waals surface area contributed by atoms with E-state index in [2.05, 4.69) is 95.6 Å². The largest absolute Gasteiger partial charge is 0.707 e. The first-order valence-electron chi connectivity index (χ1n) is 10.00. The van der Waals surface area contributed by atoms with Gasteiger partial charge >= 0.3 is 7.32 Å². The molecular formula is C25H18BF5O3. The minimum atomic E-state index is -2.70. The first-order chi connectivity index (χ1) is 16.3. The average molecular weight is 472 g/mol. The number of rotatable bonds is 5. The van der Waals surface area contributed by atoms with Crippen molar-refractivity contribution >= 4 is 7.32 Å². The van der Waals surface area contributed by atoms with Crippen LogP contribution in [0.25, 0.3) is 0 Å². The van der Waals surface area contributed by atoms with Crippen molar-refractivity contribution in [1.29, 1.82) is 0 Å². The Hall–Kier alpha value is -3.69. The second-order valence-electron chi connectivity index (χ2n) is 7.01. The van der Waals surface area contributed by atoms with Crippen LogP contribution >= 0.6 is 0 Å². The zero-order valence-electron chi connectivity index (χ0n) is 17.5. The van der Waals surface area contributed by atoms with Crippen molar-refractivity contribution in [2.24, 2.45) is 0 Å². The Morgan fingerprint density at radius 2 is 0.794 bits per heavy atom. The fourth-order valence-electron chi connectivity index (χ4n) is 3.31. The summed E-state index contributed by atoms with van der Waals surface area (Å²) in [5.74, 6) is -12.8. The average Bonchev–Trinajstić information content (AvgIpc) is 2.87. The number of halogens is 5. The van der Waals surface area contributed by atoms with Crippen molar-refractivity contribution in [3.05, 3.63) is 137 Å². The molecule has 0 radical (unpaired) electrons. The molecule has 0 heterocycles. The molecule has 4 rings (SSSR count). The molecule has 0 aliphatic heterocycles. The van der Waals surface area contributed by atoms with E-state index in [1.54, 1.807) is 0 Å². The van der Waals surface area contributed by atoms with Crippen molar-refractivity contribution in [2.75, 3.05) is 0 Å². The Labute approximate surface area is 192 Å². The van der Waals surface area contributed by atoms with Crippen LogP contribution in [-0.2, 0) is 0 Å². The highest BCUT2D eigenvalue weighted by atomic mass is 19.2. The van der Waals surface area contributed by atoms with Gasteiger partial charge < -0.3 is 14.7 Å². The molecule has 34 heavy (non-hydrogen) atoms. The third kappa shape index (κ3) is 5.81. The maximum absolute atomic E-state index is 12.7. The predicted molar refractivity (Wildman–Crippen MR) is 117 cm³/mol. The predicted octanol–water partition coefficient (Wildman–Crippen LogP) is 5.60. The normalized spacial score (nSPS) is 10.5. The van der Waals surface area contributed by atoms with Crippen molar-refractivity contribution in [1.82, 2.24) is 0 Å². The lowest BCUT2D eigenvalue weighted by atomic mass is 9.85. The van der Waals surface area contributed by atoms with Crippen LogP contribution < -0.4 is 4.65 Å². The van der Waals surface area contributed by atoms with Crippen molar-refractivity contribution in [3.8, 4) is 5.75 Å². The lowest BCUT2D eigenvalue weighted by molar-refractivity contribution is 0.263. The molecule has 0 aliphatic rings. The van der Waals surface area contributed by atoms with Gasteiger partial charge in [-0.25, -0.2) is 13.2 Å². The molecule has 4 aromatic carbocycles.